The van der Waals surface area contributed by atoms with Gasteiger partial charge in [-0.2, -0.15) is 9.97 Å². The molecular weight excluding hydrogens is 489 g/mol. The van der Waals surface area contributed by atoms with Crippen molar-refractivity contribution in [2.24, 2.45) is 0 Å². The number of ether oxygens (including phenoxy) is 2. The first-order chi connectivity index (χ1) is 17.0. The number of hydrogen-bond acceptors (Lipinski definition) is 9. The standard InChI is InChI=1S/C24H23Cl2N7O2/c1-34-19-6-3-14(11-20(19)35-2)18-13-28-22-21(29-18)23(31-24(27)30-22)33-9-7-32(8-10-33)15-4-5-16(25)17(26)12-15/h3-6,11-13H,7-10H2,1-2H3,(H2,27,28,30,31). The van der Waals surface area contributed by atoms with Crippen LogP contribution < -0.4 is 25.0 Å². The average Bonchev–Trinajstić information content (AvgIpc) is 2.89. The number of methoxy groups -OCH3 is 2. The normalized spacial score (nSPS) is 13.8. The van der Waals surface area contributed by atoms with Crippen LogP contribution in [0.1, 0.15) is 0 Å². The minimum absolute atomic E-state index is 0.160. The molecule has 0 aliphatic carbocycles. The van der Waals surface area contributed by atoms with E-state index < -0.39 is 0 Å². The molecule has 1 aliphatic rings. The monoisotopic (exact) mass is 511 g/mol. The molecule has 1 saturated heterocycles. The molecule has 4 aromatic rings. The molecule has 0 amide bonds. The molecule has 0 saturated carbocycles. The third kappa shape index (κ3) is 4.56. The molecular formula is C24H23Cl2N7O2. The summed E-state index contributed by atoms with van der Waals surface area (Å²) in [5.41, 5.74) is 9.59. The number of nitrogens with zero attached hydrogens (tertiary/aromatic N) is 6. The van der Waals surface area contributed by atoms with E-state index in [2.05, 4.69) is 24.8 Å². The molecule has 3 heterocycles. The first kappa shape index (κ1) is 23.2. The topological polar surface area (TPSA) is 103 Å². The van der Waals surface area contributed by atoms with Gasteiger partial charge in [-0.1, -0.05) is 23.2 Å². The van der Waals surface area contributed by atoms with Crippen molar-refractivity contribution in [3.8, 4) is 22.8 Å². The summed E-state index contributed by atoms with van der Waals surface area (Å²) in [6.45, 7) is 2.97. The van der Waals surface area contributed by atoms with Gasteiger partial charge in [-0.25, -0.2) is 9.97 Å². The van der Waals surface area contributed by atoms with Crippen LogP contribution >= 0.6 is 23.2 Å². The SMILES string of the molecule is COc1ccc(-c2cnc3nc(N)nc(N4CCN(c5ccc(Cl)c(Cl)c5)CC4)c3n2)cc1OC. The van der Waals surface area contributed by atoms with Crippen LogP contribution in [0, 0.1) is 0 Å². The van der Waals surface area contributed by atoms with Crippen LogP contribution in [-0.2, 0) is 0 Å². The first-order valence-electron chi connectivity index (χ1n) is 10.9. The van der Waals surface area contributed by atoms with Gasteiger partial charge in [0.05, 0.1) is 36.2 Å². The lowest BCUT2D eigenvalue weighted by Crippen LogP contribution is -2.47. The minimum Gasteiger partial charge on any atom is -0.493 e. The van der Waals surface area contributed by atoms with Gasteiger partial charge in [0.15, 0.2) is 28.5 Å². The van der Waals surface area contributed by atoms with E-state index in [0.717, 1.165) is 24.3 Å². The maximum absolute atomic E-state index is 6.21. The predicted molar refractivity (Wildman–Crippen MR) is 139 cm³/mol. The van der Waals surface area contributed by atoms with E-state index in [0.29, 0.717) is 57.3 Å². The van der Waals surface area contributed by atoms with E-state index in [-0.39, 0.29) is 5.95 Å². The highest BCUT2D eigenvalue weighted by atomic mass is 35.5. The van der Waals surface area contributed by atoms with Crippen molar-refractivity contribution >= 4 is 51.8 Å². The predicted octanol–water partition coefficient (Wildman–Crippen LogP) is 4.32. The van der Waals surface area contributed by atoms with Crippen molar-refractivity contribution in [3.63, 3.8) is 0 Å². The molecule has 0 radical (unpaired) electrons. The van der Waals surface area contributed by atoms with Gasteiger partial charge in [0.1, 0.15) is 0 Å². The zero-order valence-electron chi connectivity index (χ0n) is 19.2. The van der Waals surface area contributed by atoms with Crippen LogP contribution in [0.3, 0.4) is 0 Å². The Labute approximate surface area is 212 Å². The van der Waals surface area contributed by atoms with Gasteiger partial charge in [-0.05, 0) is 36.4 Å². The molecule has 9 nitrogen and oxygen atoms in total. The molecule has 2 aromatic heterocycles. The number of aromatic nitrogens is 4. The van der Waals surface area contributed by atoms with E-state index >= 15 is 0 Å². The number of benzene rings is 2. The van der Waals surface area contributed by atoms with Crippen molar-refractivity contribution < 1.29 is 9.47 Å². The highest BCUT2D eigenvalue weighted by Gasteiger charge is 2.23. The fourth-order valence-electron chi connectivity index (χ4n) is 4.12. The Hall–Kier alpha value is -3.56. The fraction of sp³-hybridized carbons (Fsp3) is 0.250. The van der Waals surface area contributed by atoms with Gasteiger partial charge >= 0.3 is 0 Å². The van der Waals surface area contributed by atoms with Crippen molar-refractivity contribution in [3.05, 3.63) is 52.6 Å². The van der Waals surface area contributed by atoms with Crippen molar-refractivity contribution in [1.29, 1.82) is 0 Å². The number of nitrogens with two attached hydrogens (primary N) is 1. The van der Waals surface area contributed by atoms with E-state index in [9.17, 15) is 0 Å². The van der Waals surface area contributed by atoms with Crippen molar-refractivity contribution in [2.75, 3.05) is 55.9 Å². The van der Waals surface area contributed by atoms with Crippen molar-refractivity contribution in [1.82, 2.24) is 19.9 Å². The van der Waals surface area contributed by atoms with Crippen LogP contribution in [0.15, 0.2) is 42.6 Å². The Balaban J connectivity index is 1.46. The number of nitrogen functional groups attached to an aromatic ring is 1. The average molecular weight is 512 g/mol. The number of anilines is 3. The Morgan fingerprint density at radius 2 is 1.57 bits per heavy atom. The first-order valence-corrected chi connectivity index (χ1v) is 11.7. The van der Waals surface area contributed by atoms with Crippen LogP contribution in [0.25, 0.3) is 22.4 Å². The third-order valence-electron chi connectivity index (χ3n) is 5.93. The Morgan fingerprint density at radius 3 is 2.29 bits per heavy atom. The molecule has 11 heteroatoms. The van der Waals surface area contributed by atoms with Gasteiger partial charge in [0.2, 0.25) is 5.95 Å². The second-order valence-electron chi connectivity index (χ2n) is 7.98. The quantitative estimate of drug-likeness (QED) is 0.419. The van der Waals surface area contributed by atoms with Crippen LogP contribution in [0.5, 0.6) is 11.5 Å². The lowest BCUT2D eigenvalue weighted by atomic mass is 10.1. The zero-order chi connectivity index (χ0) is 24.5. The summed E-state index contributed by atoms with van der Waals surface area (Å²) in [4.78, 5) is 22.6. The molecule has 0 bridgehead atoms. The summed E-state index contributed by atoms with van der Waals surface area (Å²) in [5, 5.41) is 1.08. The van der Waals surface area contributed by atoms with Crippen LogP contribution in [0.2, 0.25) is 10.0 Å². The second kappa shape index (κ2) is 9.59. The Kier molecular flexibility index (Phi) is 6.36. The molecule has 180 valence electrons. The number of rotatable bonds is 5. The highest BCUT2D eigenvalue weighted by molar-refractivity contribution is 6.42. The number of piperazine rings is 1. The molecule has 2 N–H and O–H groups in total. The smallest absolute Gasteiger partial charge is 0.224 e. The fourth-order valence-corrected chi connectivity index (χ4v) is 4.42. The summed E-state index contributed by atoms with van der Waals surface area (Å²) in [6, 6.07) is 11.3. The molecule has 0 unspecified atom stereocenters. The second-order valence-corrected chi connectivity index (χ2v) is 8.79. The molecule has 1 fully saturated rings. The van der Waals surface area contributed by atoms with Gasteiger partial charge in [0.25, 0.3) is 0 Å². The molecule has 2 aromatic carbocycles. The van der Waals surface area contributed by atoms with E-state index in [1.54, 1.807) is 20.4 Å². The van der Waals surface area contributed by atoms with E-state index in [1.165, 1.54) is 0 Å². The lowest BCUT2D eigenvalue weighted by Gasteiger charge is -2.37. The molecule has 1 aliphatic heterocycles. The summed E-state index contributed by atoms with van der Waals surface area (Å²) in [5.74, 6) is 2.07. The van der Waals surface area contributed by atoms with E-state index in [1.807, 2.05) is 36.4 Å². The van der Waals surface area contributed by atoms with Gasteiger partial charge in [0, 0.05) is 37.4 Å². The van der Waals surface area contributed by atoms with E-state index in [4.69, 9.17) is 43.4 Å². The molecule has 0 atom stereocenters. The number of halogens is 2. The van der Waals surface area contributed by atoms with Crippen LogP contribution in [0.4, 0.5) is 17.5 Å². The summed E-state index contributed by atoms with van der Waals surface area (Å²) in [6.07, 6.45) is 1.67. The number of hydrogen-bond donors (Lipinski definition) is 1. The Morgan fingerprint density at radius 1 is 0.829 bits per heavy atom. The lowest BCUT2D eigenvalue weighted by molar-refractivity contribution is 0.355. The largest absolute Gasteiger partial charge is 0.493 e. The highest BCUT2D eigenvalue weighted by Crippen LogP contribution is 2.33. The van der Waals surface area contributed by atoms with Crippen molar-refractivity contribution in [2.45, 2.75) is 0 Å². The zero-order valence-corrected chi connectivity index (χ0v) is 20.7. The Bertz CT molecular complexity index is 1390. The third-order valence-corrected chi connectivity index (χ3v) is 6.67. The number of fused-ring (bicyclic) bond motifs is 1. The van der Waals surface area contributed by atoms with Gasteiger partial charge < -0.3 is 25.0 Å². The molecule has 35 heavy (non-hydrogen) atoms. The van der Waals surface area contributed by atoms with Gasteiger partial charge in [-0.15, -0.1) is 0 Å². The molecule has 0 spiro atoms. The minimum atomic E-state index is 0.160. The van der Waals surface area contributed by atoms with Crippen LogP contribution in [-0.4, -0.2) is 60.3 Å². The summed E-state index contributed by atoms with van der Waals surface area (Å²) in [7, 11) is 3.20. The summed E-state index contributed by atoms with van der Waals surface area (Å²) < 4.78 is 10.8. The van der Waals surface area contributed by atoms with Gasteiger partial charge in [-0.3, -0.25) is 0 Å². The maximum Gasteiger partial charge on any atom is 0.224 e. The maximum atomic E-state index is 6.21. The summed E-state index contributed by atoms with van der Waals surface area (Å²) >= 11 is 12.3. The molecule has 5 rings (SSSR count).